The molecule has 4 nitrogen and oxygen atoms in total. The molecule has 0 fully saturated rings. The van der Waals surface area contributed by atoms with Crippen molar-refractivity contribution in [1.29, 1.82) is 0 Å². The van der Waals surface area contributed by atoms with E-state index in [1.54, 1.807) is 12.4 Å². The van der Waals surface area contributed by atoms with Crippen LogP contribution in [0, 0.1) is 0 Å². The first-order chi connectivity index (χ1) is 6.47. The van der Waals surface area contributed by atoms with Gasteiger partial charge in [-0.2, -0.15) is 15.4 Å². The minimum absolute atomic E-state index is 0.769. The van der Waals surface area contributed by atoms with Crippen molar-refractivity contribution in [3.05, 3.63) is 30.6 Å². The van der Waals surface area contributed by atoms with Gasteiger partial charge < -0.3 is 0 Å². The van der Waals surface area contributed by atoms with E-state index >= 15 is 0 Å². The molecule has 1 N–H and O–H groups in total. The van der Waals surface area contributed by atoms with E-state index in [9.17, 15) is 0 Å². The lowest BCUT2D eigenvalue weighted by molar-refractivity contribution is 0.941. The number of nitrogens with one attached hydrogen (secondary N) is 1. The monoisotopic (exact) mass is 176 g/mol. The molecule has 0 spiro atoms. The van der Waals surface area contributed by atoms with Crippen molar-refractivity contribution in [3.8, 4) is 11.4 Å². The largest absolute Gasteiger partial charge is 0.254 e. The zero-order valence-corrected chi connectivity index (χ0v) is 7.73. The second kappa shape index (κ2) is 5.03. The lowest BCUT2D eigenvalue weighted by atomic mass is 10.3. The summed E-state index contributed by atoms with van der Waals surface area (Å²) >= 11 is 0. The van der Waals surface area contributed by atoms with Gasteiger partial charge in [-0.05, 0) is 12.1 Å². The van der Waals surface area contributed by atoms with Crippen LogP contribution in [0.2, 0.25) is 0 Å². The van der Waals surface area contributed by atoms with Crippen molar-refractivity contribution in [2.45, 2.75) is 13.8 Å². The van der Waals surface area contributed by atoms with Gasteiger partial charge in [-0.25, -0.2) is 0 Å². The summed E-state index contributed by atoms with van der Waals surface area (Å²) in [6.07, 6.45) is 3.37. The Bertz CT molecular complexity index is 315. The molecule has 4 heteroatoms. The van der Waals surface area contributed by atoms with Crippen LogP contribution >= 0.6 is 0 Å². The Labute approximate surface area is 77.0 Å². The summed E-state index contributed by atoms with van der Waals surface area (Å²) in [7, 11) is 0. The van der Waals surface area contributed by atoms with Crippen molar-refractivity contribution < 1.29 is 0 Å². The topological polar surface area (TPSA) is 54.5 Å². The summed E-state index contributed by atoms with van der Waals surface area (Å²) in [5, 5.41) is 10.1. The van der Waals surface area contributed by atoms with Crippen molar-refractivity contribution in [1.82, 2.24) is 20.4 Å². The lowest BCUT2D eigenvalue weighted by Crippen LogP contribution is -1.80. The maximum absolute atomic E-state index is 4.10. The van der Waals surface area contributed by atoms with Crippen molar-refractivity contribution in [2.75, 3.05) is 0 Å². The molecule has 0 aliphatic carbocycles. The van der Waals surface area contributed by atoms with Crippen molar-refractivity contribution in [3.63, 3.8) is 0 Å². The lowest BCUT2D eigenvalue weighted by Gasteiger charge is -1.89. The summed E-state index contributed by atoms with van der Waals surface area (Å²) < 4.78 is 0. The molecule has 0 aromatic carbocycles. The minimum Gasteiger partial charge on any atom is -0.254 e. The van der Waals surface area contributed by atoms with Crippen LogP contribution in [0.15, 0.2) is 30.6 Å². The molecule has 0 radical (unpaired) electrons. The van der Waals surface area contributed by atoms with Gasteiger partial charge in [0.05, 0.1) is 11.9 Å². The molecule has 0 aliphatic heterocycles. The van der Waals surface area contributed by atoms with Gasteiger partial charge in [0.25, 0.3) is 0 Å². The van der Waals surface area contributed by atoms with Crippen LogP contribution < -0.4 is 0 Å². The average Bonchev–Trinajstić information content (AvgIpc) is 2.75. The maximum Gasteiger partial charge on any atom is 0.131 e. The molecule has 0 amide bonds. The van der Waals surface area contributed by atoms with Gasteiger partial charge >= 0.3 is 0 Å². The third kappa shape index (κ3) is 2.37. The first kappa shape index (κ1) is 9.38. The highest BCUT2D eigenvalue weighted by Gasteiger charge is 1.98. The number of rotatable bonds is 1. The van der Waals surface area contributed by atoms with Gasteiger partial charge in [0.15, 0.2) is 0 Å². The molecule has 0 bridgehead atoms. The minimum atomic E-state index is 0.769. The van der Waals surface area contributed by atoms with Crippen LogP contribution in [-0.2, 0) is 0 Å². The Morgan fingerprint density at radius 1 is 1.15 bits per heavy atom. The summed E-state index contributed by atoms with van der Waals surface area (Å²) in [6.45, 7) is 4.00. The standard InChI is InChI=1S/C7H6N4.C2H6/c1-2-4-8-6(3-1)7-5-9-11-10-7;1-2/h1-5H,(H,9,10,11);1-2H3. The highest BCUT2D eigenvalue weighted by molar-refractivity contribution is 5.50. The number of pyridine rings is 1. The fourth-order valence-electron chi connectivity index (χ4n) is 0.839. The predicted molar refractivity (Wildman–Crippen MR) is 51.0 cm³/mol. The fraction of sp³-hybridized carbons (Fsp3) is 0.222. The second-order valence-corrected chi connectivity index (χ2v) is 2.07. The average molecular weight is 176 g/mol. The second-order valence-electron chi connectivity index (χ2n) is 2.07. The summed E-state index contributed by atoms with van der Waals surface area (Å²) in [5.41, 5.74) is 1.60. The molecule has 0 atom stereocenters. The Kier molecular flexibility index (Phi) is 3.63. The van der Waals surface area contributed by atoms with E-state index in [1.165, 1.54) is 0 Å². The molecule has 0 saturated heterocycles. The summed E-state index contributed by atoms with van der Waals surface area (Å²) in [6, 6.07) is 5.67. The number of hydrogen-bond donors (Lipinski definition) is 1. The molecule has 2 aromatic rings. The molecular formula is C9H12N4. The normalized spacial score (nSPS) is 8.77. The number of H-pyrrole nitrogens is 1. The molecule has 0 aliphatic rings. The van der Waals surface area contributed by atoms with Gasteiger partial charge in [0, 0.05) is 6.20 Å². The number of hydrogen-bond acceptors (Lipinski definition) is 3. The molecule has 0 unspecified atom stereocenters. The maximum atomic E-state index is 4.10. The van der Waals surface area contributed by atoms with Crippen LogP contribution in [0.4, 0.5) is 0 Å². The zero-order chi connectivity index (χ0) is 9.52. The van der Waals surface area contributed by atoms with Gasteiger partial charge in [-0.3, -0.25) is 4.98 Å². The smallest absolute Gasteiger partial charge is 0.131 e. The quantitative estimate of drug-likeness (QED) is 0.721. The van der Waals surface area contributed by atoms with E-state index in [0.717, 1.165) is 11.4 Å². The Hall–Kier alpha value is -1.71. The van der Waals surface area contributed by atoms with Crippen LogP contribution in [0.3, 0.4) is 0 Å². The SMILES string of the molecule is CC.c1ccc(-c2cn[nH]n2)nc1. The van der Waals surface area contributed by atoms with Crippen molar-refractivity contribution >= 4 is 0 Å². The third-order valence-corrected chi connectivity index (χ3v) is 1.34. The van der Waals surface area contributed by atoms with E-state index in [2.05, 4.69) is 20.4 Å². The van der Waals surface area contributed by atoms with Crippen LogP contribution in [0.5, 0.6) is 0 Å². The molecular weight excluding hydrogens is 164 g/mol. The number of nitrogens with zero attached hydrogens (tertiary/aromatic N) is 3. The first-order valence-corrected chi connectivity index (χ1v) is 4.24. The Morgan fingerprint density at radius 3 is 2.54 bits per heavy atom. The van der Waals surface area contributed by atoms with E-state index in [-0.39, 0.29) is 0 Å². The van der Waals surface area contributed by atoms with Gasteiger partial charge in [-0.15, -0.1) is 0 Å². The Morgan fingerprint density at radius 2 is 2.00 bits per heavy atom. The molecule has 2 heterocycles. The summed E-state index contributed by atoms with van der Waals surface area (Å²) in [5.74, 6) is 0. The van der Waals surface area contributed by atoms with Gasteiger partial charge in [0.1, 0.15) is 5.69 Å². The number of aromatic amines is 1. The van der Waals surface area contributed by atoms with Crippen molar-refractivity contribution in [2.24, 2.45) is 0 Å². The van der Waals surface area contributed by atoms with Gasteiger partial charge in [0.2, 0.25) is 0 Å². The van der Waals surface area contributed by atoms with E-state index in [0.29, 0.717) is 0 Å². The zero-order valence-electron chi connectivity index (χ0n) is 7.73. The van der Waals surface area contributed by atoms with Crippen LogP contribution in [0.1, 0.15) is 13.8 Å². The summed E-state index contributed by atoms with van der Waals surface area (Å²) in [4.78, 5) is 4.10. The van der Waals surface area contributed by atoms with E-state index < -0.39 is 0 Å². The third-order valence-electron chi connectivity index (χ3n) is 1.34. The predicted octanol–water partition coefficient (Wildman–Crippen LogP) is 1.89. The highest BCUT2D eigenvalue weighted by atomic mass is 15.3. The van der Waals surface area contributed by atoms with Gasteiger partial charge in [-0.1, -0.05) is 19.9 Å². The molecule has 0 saturated carbocycles. The molecule has 2 aromatic heterocycles. The molecule has 68 valence electrons. The Balaban J connectivity index is 0.000000396. The van der Waals surface area contributed by atoms with E-state index in [4.69, 9.17) is 0 Å². The highest BCUT2D eigenvalue weighted by Crippen LogP contribution is 2.09. The number of aromatic nitrogens is 4. The van der Waals surface area contributed by atoms with Crippen LogP contribution in [-0.4, -0.2) is 20.4 Å². The first-order valence-electron chi connectivity index (χ1n) is 4.24. The van der Waals surface area contributed by atoms with Crippen LogP contribution in [0.25, 0.3) is 11.4 Å². The molecule has 2 rings (SSSR count). The molecule has 13 heavy (non-hydrogen) atoms. The van der Waals surface area contributed by atoms with E-state index in [1.807, 2.05) is 32.0 Å². The fourth-order valence-corrected chi connectivity index (χ4v) is 0.839.